The number of thiocarbonyl (C=S) groups is 1. The highest BCUT2D eigenvalue weighted by Gasteiger charge is 2.25. The molecule has 1 aliphatic heterocycles. The number of rotatable bonds is 6. The van der Waals surface area contributed by atoms with Gasteiger partial charge in [0.25, 0.3) is 5.91 Å². The van der Waals surface area contributed by atoms with Crippen molar-refractivity contribution in [1.29, 1.82) is 0 Å². The molecule has 1 aromatic carbocycles. The summed E-state index contributed by atoms with van der Waals surface area (Å²) in [6.07, 6.45) is 6.78. The monoisotopic (exact) mass is 430 g/mol. The molecule has 1 saturated heterocycles. The number of pyridine rings is 1. The molecule has 0 unspecified atom stereocenters. The fraction of sp³-hybridized carbons (Fsp3) is 0.381. The fourth-order valence-electron chi connectivity index (χ4n) is 3.53. The summed E-state index contributed by atoms with van der Waals surface area (Å²) >= 11 is 5.40. The highest BCUT2D eigenvalue weighted by atomic mass is 32.1. The van der Waals surface area contributed by atoms with Crippen molar-refractivity contribution in [1.82, 2.24) is 20.7 Å². The summed E-state index contributed by atoms with van der Waals surface area (Å²) in [5.74, 6) is 0.841. The number of carbonyl (C=O) groups is 1. The number of amides is 1. The van der Waals surface area contributed by atoms with Gasteiger partial charge in [0, 0.05) is 24.5 Å². The van der Waals surface area contributed by atoms with E-state index in [1.54, 1.807) is 18.3 Å². The summed E-state index contributed by atoms with van der Waals surface area (Å²) < 4.78 is 15.9. The molecule has 8 nitrogen and oxygen atoms in total. The van der Waals surface area contributed by atoms with Gasteiger partial charge in [0.2, 0.25) is 5.75 Å². The standard InChI is InChI=1S/C21H26N4O4S/c1-27-17-11-15(12-18(28-2)19(17)29-3)20(26)23-21(30)24-25-10-5-4-8-16(25)14-7-6-9-22-13-14/h6-7,9,11-13,16H,4-5,8,10H2,1-3H3,(H2,23,24,26,30)/t16-/m1/s1. The quantitative estimate of drug-likeness (QED) is 0.677. The lowest BCUT2D eigenvalue weighted by molar-refractivity contribution is 0.0957. The molecule has 2 heterocycles. The lowest BCUT2D eigenvalue weighted by Gasteiger charge is -2.36. The van der Waals surface area contributed by atoms with Gasteiger partial charge in [-0.25, -0.2) is 5.01 Å². The van der Waals surface area contributed by atoms with Crippen molar-refractivity contribution in [3.05, 3.63) is 47.8 Å². The Bertz CT molecular complexity index is 869. The Morgan fingerprint density at radius 3 is 2.50 bits per heavy atom. The van der Waals surface area contributed by atoms with Gasteiger partial charge in [-0.15, -0.1) is 0 Å². The molecule has 0 bridgehead atoms. The molecular weight excluding hydrogens is 404 g/mol. The zero-order valence-corrected chi connectivity index (χ0v) is 18.1. The number of nitrogens with zero attached hydrogens (tertiary/aromatic N) is 2. The smallest absolute Gasteiger partial charge is 0.257 e. The van der Waals surface area contributed by atoms with Crippen LogP contribution in [0, 0.1) is 0 Å². The van der Waals surface area contributed by atoms with Crippen LogP contribution in [0.3, 0.4) is 0 Å². The molecule has 3 rings (SSSR count). The summed E-state index contributed by atoms with van der Waals surface area (Å²) in [6.45, 7) is 0.819. The van der Waals surface area contributed by atoms with Gasteiger partial charge in [-0.2, -0.15) is 0 Å². The van der Waals surface area contributed by atoms with E-state index in [1.165, 1.54) is 21.3 Å². The van der Waals surface area contributed by atoms with Crippen LogP contribution in [0.1, 0.15) is 41.2 Å². The molecule has 1 atom stereocenters. The van der Waals surface area contributed by atoms with E-state index in [0.29, 0.717) is 22.8 Å². The number of aromatic nitrogens is 1. The number of carbonyl (C=O) groups excluding carboxylic acids is 1. The van der Waals surface area contributed by atoms with Crippen LogP contribution in [0.2, 0.25) is 0 Å². The molecule has 0 saturated carbocycles. The summed E-state index contributed by atoms with van der Waals surface area (Å²) in [6, 6.07) is 7.28. The molecule has 2 N–H and O–H groups in total. The summed E-state index contributed by atoms with van der Waals surface area (Å²) in [7, 11) is 4.51. The summed E-state index contributed by atoms with van der Waals surface area (Å²) in [4.78, 5) is 17.0. The molecule has 30 heavy (non-hydrogen) atoms. The molecule has 2 aromatic rings. The van der Waals surface area contributed by atoms with Crippen LogP contribution in [0.25, 0.3) is 0 Å². The Labute approximate surface area is 181 Å². The van der Waals surface area contributed by atoms with Crippen molar-refractivity contribution in [3.8, 4) is 17.2 Å². The largest absolute Gasteiger partial charge is 0.493 e. The number of methoxy groups -OCH3 is 3. The highest BCUT2D eigenvalue weighted by Crippen LogP contribution is 2.38. The third-order valence-corrected chi connectivity index (χ3v) is 5.16. The Balaban J connectivity index is 1.70. The second-order valence-corrected chi connectivity index (χ2v) is 7.21. The lowest BCUT2D eigenvalue weighted by Crippen LogP contribution is -2.51. The van der Waals surface area contributed by atoms with Gasteiger partial charge >= 0.3 is 0 Å². The zero-order chi connectivity index (χ0) is 21.5. The maximum Gasteiger partial charge on any atom is 0.257 e. The normalized spacial score (nSPS) is 16.4. The first-order valence-electron chi connectivity index (χ1n) is 9.66. The number of nitrogens with one attached hydrogen (secondary N) is 2. The van der Waals surface area contributed by atoms with Crippen LogP contribution in [-0.2, 0) is 0 Å². The van der Waals surface area contributed by atoms with E-state index in [-0.39, 0.29) is 17.1 Å². The minimum atomic E-state index is -0.373. The number of benzene rings is 1. The van der Waals surface area contributed by atoms with E-state index in [4.69, 9.17) is 26.4 Å². The molecule has 1 aromatic heterocycles. The molecule has 1 amide bonds. The van der Waals surface area contributed by atoms with Crippen molar-refractivity contribution in [2.24, 2.45) is 0 Å². The van der Waals surface area contributed by atoms with Gasteiger partial charge in [-0.3, -0.25) is 20.5 Å². The number of piperidine rings is 1. The Morgan fingerprint density at radius 2 is 1.90 bits per heavy atom. The molecule has 0 aliphatic carbocycles. The maximum atomic E-state index is 12.8. The minimum Gasteiger partial charge on any atom is -0.493 e. The minimum absolute atomic E-state index is 0.142. The Kier molecular flexibility index (Phi) is 7.42. The number of hydrogen-bond acceptors (Lipinski definition) is 7. The van der Waals surface area contributed by atoms with Crippen molar-refractivity contribution in [2.45, 2.75) is 25.3 Å². The average Bonchev–Trinajstić information content (AvgIpc) is 2.78. The van der Waals surface area contributed by atoms with Gasteiger partial charge in [0.15, 0.2) is 16.6 Å². The molecule has 0 spiro atoms. The van der Waals surface area contributed by atoms with E-state index in [0.717, 1.165) is 31.4 Å². The summed E-state index contributed by atoms with van der Waals surface area (Å²) in [5, 5.41) is 5.01. The molecule has 1 aliphatic rings. The van der Waals surface area contributed by atoms with E-state index < -0.39 is 0 Å². The van der Waals surface area contributed by atoms with E-state index in [2.05, 4.69) is 26.8 Å². The van der Waals surface area contributed by atoms with Crippen molar-refractivity contribution in [2.75, 3.05) is 27.9 Å². The Morgan fingerprint density at radius 1 is 1.17 bits per heavy atom. The lowest BCUT2D eigenvalue weighted by atomic mass is 9.98. The SMILES string of the molecule is COc1cc(C(=O)NC(=S)NN2CCCC[C@@H]2c2cccnc2)cc(OC)c1OC. The van der Waals surface area contributed by atoms with E-state index in [9.17, 15) is 4.79 Å². The number of ether oxygens (including phenoxy) is 3. The molecule has 1 fully saturated rings. The zero-order valence-electron chi connectivity index (χ0n) is 17.3. The first-order valence-corrected chi connectivity index (χ1v) is 10.1. The van der Waals surface area contributed by atoms with Gasteiger partial charge in [-0.05, 0) is 48.8 Å². The first kappa shape index (κ1) is 21.8. The maximum absolute atomic E-state index is 12.8. The average molecular weight is 431 g/mol. The number of hydrogen-bond donors (Lipinski definition) is 2. The van der Waals surface area contributed by atoms with Crippen LogP contribution >= 0.6 is 12.2 Å². The van der Waals surface area contributed by atoms with Crippen LogP contribution < -0.4 is 25.0 Å². The van der Waals surface area contributed by atoms with Crippen molar-refractivity contribution in [3.63, 3.8) is 0 Å². The van der Waals surface area contributed by atoms with Crippen LogP contribution in [-0.4, -0.2) is 48.9 Å². The third kappa shape index (κ3) is 4.98. The fourth-order valence-corrected chi connectivity index (χ4v) is 3.74. The molecule has 160 valence electrons. The molecule has 9 heteroatoms. The second-order valence-electron chi connectivity index (χ2n) is 6.80. The van der Waals surface area contributed by atoms with Crippen molar-refractivity contribution >= 4 is 23.2 Å². The van der Waals surface area contributed by atoms with Crippen LogP contribution in [0.4, 0.5) is 0 Å². The predicted molar refractivity (Wildman–Crippen MR) is 117 cm³/mol. The van der Waals surface area contributed by atoms with Crippen LogP contribution in [0.5, 0.6) is 17.2 Å². The Hall–Kier alpha value is -2.91. The molecular formula is C21H26N4O4S. The van der Waals surface area contributed by atoms with Crippen LogP contribution in [0.15, 0.2) is 36.7 Å². The summed E-state index contributed by atoms with van der Waals surface area (Å²) in [5.41, 5.74) is 4.62. The highest BCUT2D eigenvalue weighted by molar-refractivity contribution is 7.80. The van der Waals surface area contributed by atoms with E-state index >= 15 is 0 Å². The first-order chi connectivity index (χ1) is 14.6. The molecule has 0 radical (unpaired) electrons. The van der Waals surface area contributed by atoms with Crippen molar-refractivity contribution < 1.29 is 19.0 Å². The second kappa shape index (κ2) is 10.2. The van der Waals surface area contributed by atoms with Gasteiger partial charge in [0.1, 0.15) is 0 Å². The number of hydrazine groups is 1. The predicted octanol–water partition coefficient (Wildman–Crippen LogP) is 2.85. The van der Waals surface area contributed by atoms with Gasteiger partial charge < -0.3 is 14.2 Å². The topological polar surface area (TPSA) is 85.0 Å². The third-order valence-electron chi connectivity index (χ3n) is 4.97. The van der Waals surface area contributed by atoms with Gasteiger partial charge in [0.05, 0.1) is 27.4 Å². The van der Waals surface area contributed by atoms with E-state index in [1.807, 2.05) is 12.3 Å². The van der Waals surface area contributed by atoms with Gasteiger partial charge in [-0.1, -0.05) is 12.5 Å².